The molecule has 6 nitrogen and oxygen atoms in total. The van der Waals surface area contributed by atoms with Gasteiger partial charge in [-0.25, -0.2) is 9.82 Å². The molecule has 28 heavy (non-hydrogen) atoms. The van der Waals surface area contributed by atoms with Crippen molar-refractivity contribution < 1.29 is 18.7 Å². The molecule has 0 radical (unpaired) electrons. The summed E-state index contributed by atoms with van der Waals surface area (Å²) < 4.78 is 19.1. The first-order valence-corrected chi connectivity index (χ1v) is 9.12. The van der Waals surface area contributed by atoms with Gasteiger partial charge in [-0.1, -0.05) is 25.5 Å². The van der Waals surface area contributed by atoms with Crippen molar-refractivity contribution in [2.75, 3.05) is 11.9 Å². The minimum atomic E-state index is -1.04. The Hall–Kier alpha value is -3.22. The van der Waals surface area contributed by atoms with Gasteiger partial charge in [-0.15, -0.1) is 0 Å². The number of nitrogens with zero attached hydrogens (tertiary/aromatic N) is 1. The van der Waals surface area contributed by atoms with Crippen LogP contribution in [0.1, 0.15) is 32.3 Å². The molecular weight excluding hydrogens is 361 g/mol. The third-order valence-corrected chi connectivity index (χ3v) is 3.95. The van der Waals surface area contributed by atoms with Crippen LogP contribution in [0, 0.1) is 11.7 Å². The highest BCUT2D eigenvalue weighted by Gasteiger charge is 2.22. The van der Waals surface area contributed by atoms with Crippen molar-refractivity contribution in [2.24, 2.45) is 11.0 Å². The number of rotatable bonds is 9. The number of carbonyl (C=O) groups is 2. The minimum Gasteiger partial charge on any atom is -0.494 e. The second-order valence-corrected chi connectivity index (χ2v) is 6.20. The minimum absolute atomic E-state index is 0.0249. The average molecular weight is 385 g/mol. The Morgan fingerprint density at radius 1 is 1.14 bits per heavy atom. The lowest BCUT2D eigenvalue weighted by Gasteiger charge is -2.11. The van der Waals surface area contributed by atoms with E-state index >= 15 is 0 Å². The molecule has 1 atom stereocenters. The van der Waals surface area contributed by atoms with E-state index in [1.807, 2.05) is 24.3 Å². The number of hydrogen-bond donors (Lipinski definition) is 2. The number of hydrogen-bond acceptors (Lipinski definition) is 4. The number of nitrogens with one attached hydrogen (secondary N) is 2. The average Bonchev–Trinajstić information content (AvgIpc) is 2.70. The summed E-state index contributed by atoms with van der Waals surface area (Å²) in [5.41, 5.74) is 3.11. The molecule has 0 heterocycles. The smallest absolute Gasteiger partial charge is 0.252 e. The predicted octanol–water partition coefficient (Wildman–Crippen LogP) is 3.73. The molecule has 0 aromatic heterocycles. The second-order valence-electron chi connectivity index (χ2n) is 6.20. The van der Waals surface area contributed by atoms with Crippen LogP contribution in [0.2, 0.25) is 0 Å². The molecule has 0 fully saturated rings. The van der Waals surface area contributed by atoms with Crippen molar-refractivity contribution in [1.82, 2.24) is 5.43 Å². The van der Waals surface area contributed by atoms with Crippen LogP contribution in [0.15, 0.2) is 53.6 Å². The fourth-order valence-electron chi connectivity index (χ4n) is 2.17. The van der Waals surface area contributed by atoms with E-state index in [4.69, 9.17) is 4.74 Å². The van der Waals surface area contributed by atoms with E-state index < -0.39 is 23.5 Å². The molecule has 148 valence electrons. The van der Waals surface area contributed by atoms with Crippen LogP contribution < -0.4 is 15.5 Å². The lowest BCUT2D eigenvalue weighted by molar-refractivity contribution is -0.131. The van der Waals surface area contributed by atoms with Crippen LogP contribution >= 0.6 is 0 Å². The molecule has 0 aliphatic carbocycles. The fourth-order valence-corrected chi connectivity index (χ4v) is 2.17. The van der Waals surface area contributed by atoms with Crippen LogP contribution in [0.25, 0.3) is 0 Å². The summed E-state index contributed by atoms with van der Waals surface area (Å²) in [6, 6.07) is 13.0. The van der Waals surface area contributed by atoms with Gasteiger partial charge in [-0.2, -0.15) is 5.10 Å². The van der Waals surface area contributed by atoms with Crippen molar-refractivity contribution in [3.8, 4) is 5.75 Å². The van der Waals surface area contributed by atoms with E-state index in [1.54, 1.807) is 6.07 Å². The zero-order valence-electron chi connectivity index (χ0n) is 15.9. The van der Waals surface area contributed by atoms with Gasteiger partial charge in [0.1, 0.15) is 17.5 Å². The van der Waals surface area contributed by atoms with Crippen molar-refractivity contribution >= 4 is 23.7 Å². The Labute approximate surface area is 163 Å². The molecule has 2 N–H and O–H groups in total. The van der Waals surface area contributed by atoms with Gasteiger partial charge in [0.2, 0.25) is 5.91 Å². The number of unbranched alkanes of at least 4 members (excludes halogenated alkanes) is 1. The van der Waals surface area contributed by atoms with Crippen LogP contribution in [-0.2, 0) is 9.59 Å². The molecule has 0 spiro atoms. The highest BCUT2D eigenvalue weighted by Crippen LogP contribution is 2.14. The van der Waals surface area contributed by atoms with E-state index in [0.29, 0.717) is 6.61 Å². The maximum Gasteiger partial charge on any atom is 0.252 e. The SMILES string of the molecule is CCCCOc1ccc(C=NNC(=O)C(C)C(=O)Nc2ccccc2F)cc1. The van der Waals surface area contributed by atoms with E-state index in [-0.39, 0.29) is 5.69 Å². The number of halogens is 1. The molecule has 0 saturated carbocycles. The van der Waals surface area contributed by atoms with Crippen molar-refractivity contribution in [1.29, 1.82) is 0 Å². The van der Waals surface area contributed by atoms with Gasteiger partial charge < -0.3 is 10.1 Å². The first kappa shape index (κ1) is 21.1. The van der Waals surface area contributed by atoms with Gasteiger partial charge in [0.05, 0.1) is 18.5 Å². The highest BCUT2D eigenvalue weighted by molar-refractivity contribution is 6.06. The maximum atomic E-state index is 13.6. The molecule has 0 bridgehead atoms. The third-order valence-electron chi connectivity index (χ3n) is 3.95. The van der Waals surface area contributed by atoms with Gasteiger partial charge in [-0.3, -0.25) is 9.59 Å². The van der Waals surface area contributed by atoms with E-state index in [0.717, 1.165) is 24.2 Å². The number of ether oxygens (including phenoxy) is 1. The second kappa shape index (κ2) is 10.8. The third kappa shape index (κ3) is 6.50. The largest absolute Gasteiger partial charge is 0.494 e. The van der Waals surface area contributed by atoms with Gasteiger partial charge in [0, 0.05) is 0 Å². The Morgan fingerprint density at radius 2 is 1.86 bits per heavy atom. The van der Waals surface area contributed by atoms with E-state index in [9.17, 15) is 14.0 Å². The van der Waals surface area contributed by atoms with Gasteiger partial charge in [0.15, 0.2) is 0 Å². The molecular formula is C21H24FN3O3. The number of para-hydroxylation sites is 1. The molecule has 2 aromatic rings. The summed E-state index contributed by atoms with van der Waals surface area (Å²) >= 11 is 0. The summed E-state index contributed by atoms with van der Waals surface area (Å²) in [6.07, 6.45) is 3.54. The molecule has 0 aliphatic heterocycles. The molecule has 2 aromatic carbocycles. The molecule has 1 unspecified atom stereocenters. The van der Waals surface area contributed by atoms with E-state index in [1.165, 1.54) is 31.3 Å². The zero-order chi connectivity index (χ0) is 20.4. The first-order chi connectivity index (χ1) is 13.5. The quantitative estimate of drug-likeness (QED) is 0.299. The Morgan fingerprint density at radius 3 is 2.54 bits per heavy atom. The first-order valence-electron chi connectivity index (χ1n) is 9.12. The van der Waals surface area contributed by atoms with Gasteiger partial charge >= 0.3 is 0 Å². The predicted molar refractivity (Wildman–Crippen MR) is 107 cm³/mol. The summed E-state index contributed by atoms with van der Waals surface area (Å²) in [5, 5.41) is 6.24. The number of benzene rings is 2. The standard InChI is InChI=1S/C21H24FN3O3/c1-3-4-13-28-17-11-9-16(10-12-17)14-23-25-21(27)15(2)20(26)24-19-8-6-5-7-18(19)22/h5-12,14-15H,3-4,13H2,1-2H3,(H,24,26)(H,25,27). The molecule has 2 amide bonds. The van der Waals surface area contributed by atoms with Gasteiger partial charge in [0.25, 0.3) is 5.91 Å². The van der Waals surface area contributed by atoms with Gasteiger partial charge in [-0.05, 0) is 55.3 Å². The van der Waals surface area contributed by atoms with Crippen LogP contribution in [0.3, 0.4) is 0 Å². The lowest BCUT2D eigenvalue weighted by Crippen LogP contribution is -2.34. The number of carbonyl (C=O) groups excluding carboxylic acids is 2. The maximum absolute atomic E-state index is 13.6. The summed E-state index contributed by atoms with van der Waals surface area (Å²) in [7, 11) is 0. The van der Waals surface area contributed by atoms with Crippen LogP contribution in [-0.4, -0.2) is 24.6 Å². The molecule has 2 rings (SSSR count). The van der Waals surface area contributed by atoms with E-state index in [2.05, 4.69) is 22.8 Å². The molecule has 0 saturated heterocycles. The Bertz CT molecular complexity index is 822. The zero-order valence-corrected chi connectivity index (χ0v) is 15.9. The summed E-state index contributed by atoms with van der Waals surface area (Å²) in [5.74, 6) is -2.04. The fraction of sp³-hybridized carbons (Fsp3) is 0.286. The molecule has 0 aliphatic rings. The Kier molecular flexibility index (Phi) is 8.14. The van der Waals surface area contributed by atoms with Crippen LogP contribution in [0.5, 0.6) is 5.75 Å². The normalized spacial score (nSPS) is 11.8. The molecule has 7 heteroatoms. The lowest BCUT2D eigenvalue weighted by atomic mass is 10.1. The number of anilines is 1. The summed E-state index contributed by atoms with van der Waals surface area (Å²) in [6.45, 7) is 4.19. The van der Waals surface area contributed by atoms with Crippen molar-refractivity contribution in [3.05, 3.63) is 59.9 Å². The number of amides is 2. The van der Waals surface area contributed by atoms with Crippen molar-refractivity contribution in [3.63, 3.8) is 0 Å². The number of hydrazone groups is 1. The monoisotopic (exact) mass is 385 g/mol. The Balaban J connectivity index is 1.83. The van der Waals surface area contributed by atoms with Crippen LogP contribution in [0.4, 0.5) is 10.1 Å². The highest BCUT2D eigenvalue weighted by atomic mass is 19.1. The summed E-state index contributed by atoms with van der Waals surface area (Å²) in [4.78, 5) is 24.1. The topological polar surface area (TPSA) is 79.8 Å². The van der Waals surface area contributed by atoms with Crippen molar-refractivity contribution in [2.45, 2.75) is 26.7 Å².